The predicted octanol–water partition coefficient (Wildman–Crippen LogP) is 4.34. The van der Waals surface area contributed by atoms with E-state index in [1.165, 1.54) is 35.3 Å². The highest BCUT2D eigenvalue weighted by Gasteiger charge is 2.28. The number of sulfonamides is 1. The van der Waals surface area contributed by atoms with Crippen LogP contribution in [0.3, 0.4) is 0 Å². The van der Waals surface area contributed by atoms with Crippen LogP contribution in [0.1, 0.15) is 40.3 Å². The van der Waals surface area contributed by atoms with Gasteiger partial charge >= 0.3 is 0 Å². The minimum absolute atomic E-state index is 0.157. The molecule has 0 radical (unpaired) electrons. The lowest BCUT2D eigenvalue weighted by Gasteiger charge is -2.30. The number of amides is 1. The summed E-state index contributed by atoms with van der Waals surface area (Å²) in [6, 6.07) is 21.8. The Bertz CT molecular complexity index is 1680. The number of aromatic amines is 1. The molecule has 0 fully saturated rings. The van der Waals surface area contributed by atoms with Crippen LogP contribution in [0.4, 0.5) is 0 Å². The number of nitrogens with zero attached hydrogens (tertiary/aromatic N) is 1. The summed E-state index contributed by atoms with van der Waals surface area (Å²) in [7, 11) is -2.12. The van der Waals surface area contributed by atoms with Crippen molar-refractivity contribution in [2.24, 2.45) is 0 Å². The molecule has 0 saturated carbocycles. The van der Waals surface area contributed by atoms with Crippen molar-refractivity contribution in [3.05, 3.63) is 107 Å². The first-order chi connectivity index (χ1) is 20.4. The van der Waals surface area contributed by atoms with E-state index in [0.29, 0.717) is 13.2 Å². The Labute approximate surface area is 246 Å². The molecule has 4 N–H and O–H groups in total. The number of rotatable bonds is 13. The molecule has 1 aliphatic carbocycles. The molecule has 0 bridgehead atoms. The summed E-state index contributed by atoms with van der Waals surface area (Å²) < 4.78 is 33.4. The molecule has 1 aromatic heterocycles. The molecule has 42 heavy (non-hydrogen) atoms. The number of benzene rings is 3. The highest BCUT2D eigenvalue weighted by atomic mass is 32.2. The number of aromatic nitrogens is 1. The maximum Gasteiger partial charge on any atom is 0.267 e. The van der Waals surface area contributed by atoms with Crippen LogP contribution in [-0.2, 0) is 38.9 Å². The Hall–Kier alpha value is -3.80. The van der Waals surface area contributed by atoms with Gasteiger partial charge in [0.05, 0.1) is 11.5 Å². The normalized spacial score (nSPS) is 15.1. The number of H-pyrrole nitrogens is 1. The van der Waals surface area contributed by atoms with Crippen LogP contribution in [-0.4, -0.2) is 56.2 Å². The van der Waals surface area contributed by atoms with Gasteiger partial charge in [-0.05, 0) is 71.4 Å². The predicted molar refractivity (Wildman–Crippen MR) is 162 cm³/mol. The van der Waals surface area contributed by atoms with Crippen LogP contribution in [0, 0.1) is 0 Å². The first-order valence-electron chi connectivity index (χ1n) is 14.0. The largest absolute Gasteiger partial charge is 0.383 e. The van der Waals surface area contributed by atoms with Gasteiger partial charge in [0.15, 0.2) is 0 Å². The summed E-state index contributed by atoms with van der Waals surface area (Å²) in [6.45, 7) is 1.88. The van der Waals surface area contributed by atoms with Crippen LogP contribution < -0.4 is 10.2 Å². The third-order valence-electron chi connectivity index (χ3n) is 7.73. The summed E-state index contributed by atoms with van der Waals surface area (Å²) >= 11 is 0. The van der Waals surface area contributed by atoms with E-state index in [-0.39, 0.29) is 17.5 Å². The number of carbonyl (C=O) groups is 1. The lowest BCUT2D eigenvalue weighted by Crippen LogP contribution is -2.30. The van der Waals surface area contributed by atoms with Crippen LogP contribution in [0.2, 0.25) is 0 Å². The Balaban J connectivity index is 1.41. The topological polar surface area (TPSA) is 124 Å². The maximum absolute atomic E-state index is 12.9. The Morgan fingerprint density at radius 1 is 1.14 bits per heavy atom. The van der Waals surface area contributed by atoms with E-state index in [9.17, 15) is 13.2 Å². The Morgan fingerprint density at radius 3 is 2.83 bits per heavy atom. The first-order valence-corrected chi connectivity index (χ1v) is 15.5. The molecular weight excluding hydrogens is 552 g/mol. The van der Waals surface area contributed by atoms with E-state index in [0.717, 1.165) is 42.5 Å². The third kappa shape index (κ3) is 6.97. The van der Waals surface area contributed by atoms with Gasteiger partial charge in [-0.25, -0.2) is 18.6 Å². The van der Waals surface area contributed by atoms with Gasteiger partial charge < -0.3 is 9.72 Å². The second-order valence-corrected chi connectivity index (χ2v) is 12.2. The van der Waals surface area contributed by atoms with Crippen molar-refractivity contribution in [1.29, 1.82) is 0 Å². The zero-order chi connectivity index (χ0) is 29.5. The monoisotopic (exact) mass is 588 g/mol. The number of hydroxylamine groups is 1. The molecule has 1 aliphatic rings. The molecular formula is C32H36N4O5S. The number of para-hydroxylation sites is 1. The third-order valence-corrected chi connectivity index (χ3v) is 9.19. The summed E-state index contributed by atoms with van der Waals surface area (Å²) in [5, 5.41) is 9.98. The van der Waals surface area contributed by atoms with Gasteiger partial charge in [-0.15, -0.1) is 0 Å². The quantitative estimate of drug-likeness (QED) is 0.0798. The van der Waals surface area contributed by atoms with Gasteiger partial charge in [0.1, 0.15) is 0 Å². The number of nitrogens with one attached hydrogen (secondary N) is 3. The first kappa shape index (κ1) is 29.7. The lowest BCUT2D eigenvalue weighted by molar-refractivity contribution is -0.124. The average molecular weight is 589 g/mol. The molecule has 1 atom stereocenters. The SMILES string of the molecule is COCCNS(=O)(=O)c1cccc(CN(CCc2c[nH]c3ccccc23)C2CCc3cc(C=CC(=O)NO)ccc32)c1. The van der Waals surface area contributed by atoms with Crippen molar-refractivity contribution < 1.29 is 23.2 Å². The number of hydrogen-bond donors (Lipinski definition) is 4. The van der Waals surface area contributed by atoms with E-state index >= 15 is 0 Å². The lowest BCUT2D eigenvalue weighted by atomic mass is 10.0. The Kier molecular flexibility index (Phi) is 9.51. The highest BCUT2D eigenvalue weighted by molar-refractivity contribution is 7.89. The highest BCUT2D eigenvalue weighted by Crippen LogP contribution is 2.37. The van der Waals surface area contributed by atoms with Crippen LogP contribution in [0.15, 0.2) is 83.9 Å². The molecule has 0 saturated heterocycles. The molecule has 5 rings (SSSR count). The molecule has 1 heterocycles. The van der Waals surface area contributed by atoms with Crippen LogP contribution in [0.25, 0.3) is 17.0 Å². The summed E-state index contributed by atoms with van der Waals surface area (Å²) in [6.07, 6.45) is 7.72. The van der Waals surface area contributed by atoms with Crippen molar-refractivity contribution in [1.82, 2.24) is 20.1 Å². The number of aryl methyl sites for hydroxylation is 1. The van der Waals surface area contributed by atoms with Crippen molar-refractivity contribution in [3.63, 3.8) is 0 Å². The zero-order valence-corrected chi connectivity index (χ0v) is 24.4. The van der Waals surface area contributed by atoms with Crippen molar-refractivity contribution in [2.75, 3.05) is 26.8 Å². The fourth-order valence-electron chi connectivity index (χ4n) is 5.66. The van der Waals surface area contributed by atoms with E-state index in [1.807, 2.05) is 24.3 Å². The molecule has 1 amide bonds. The molecule has 0 aliphatic heterocycles. The zero-order valence-electron chi connectivity index (χ0n) is 23.5. The average Bonchev–Trinajstić information content (AvgIpc) is 3.62. The van der Waals surface area contributed by atoms with Gasteiger partial charge in [0, 0.05) is 56.0 Å². The molecule has 220 valence electrons. The number of carbonyl (C=O) groups excluding carboxylic acids is 1. The van der Waals surface area contributed by atoms with Gasteiger partial charge in [-0.1, -0.05) is 48.5 Å². The number of methoxy groups -OCH3 is 1. The molecule has 10 heteroatoms. The smallest absolute Gasteiger partial charge is 0.267 e. The van der Waals surface area contributed by atoms with Gasteiger partial charge in [0.2, 0.25) is 10.0 Å². The van der Waals surface area contributed by atoms with Crippen LogP contribution in [0.5, 0.6) is 0 Å². The number of ether oxygens (including phenoxy) is 1. The van der Waals surface area contributed by atoms with Gasteiger partial charge in [-0.3, -0.25) is 14.9 Å². The second-order valence-electron chi connectivity index (χ2n) is 10.4. The molecule has 4 aromatic rings. The van der Waals surface area contributed by atoms with Crippen molar-refractivity contribution in [2.45, 2.75) is 36.7 Å². The Morgan fingerprint density at radius 2 is 2.00 bits per heavy atom. The maximum atomic E-state index is 12.9. The van der Waals surface area contributed by atoms with E-state index in [1.54, 1.807) is 29.8 Å². The molecule has 0 spiro atoms. The minimum Gasteiger partial charge on any atom is -0.383 e. The number of fused-ring (bicyclic) bond motifs is 2. The standard InChI is InChI=1S/C32H36N4O5S/c1-41-18-16-34-42(39,40)27-6-4-5-24(20-27)22-36(17-15-26-21-33-30-8-3-2-7-28(26)30)31-13-11-25-19-23(9-12-29(25)31)10-14-32(37)35-38/h2-10,12,14,19-21,31,33-34,38H,11,13,15-18,22H2,1H3,(H,35,37). The minimum atomic E-state index is -3.65. The molecule has 1 unspecified atom stereocenters. The van der Waals surface area contributed by atoms with Crippen molar-refractivity contribution in [3.8, 4) is 0 Å². The van der Waals surface area contributed by atoms with E-state index in [2.05, 4.69) is 45.1 Å². The molecule has 3 aromatic carbocycles. The fourth-order valence-corrected chi connectivity index (χ4v) is 6.74. The fraction of sp³-hybridized carbons (Fsp3) is 0.281. The summed E-state index contributed by atoms with van der Waals surface area (Å²) in [4.78, 5) is 17.5. The van der Waals surface area contributed by atoms with E-state index < -0.39 is 15.9 Å². The summed E-state index contributed by atoms with van der Waals surface area (Å²) in [5.41, 5.74) is 8.25. The van der Waals surface area contributed by atoms with Gasteiger partial charge in [-0.2, -0.15) is 0 Å². The van der Waals surface area contributed by atoms with Gasteiger partial charge in [0.25, 0.3) is 5.91 Å². The second kappa shape index (κ2) is 13.5. The summed E-state index contributed by atoms with van der Waals surface area (Å²) in [5.74, 6) is -0.574. The van der Waals surface area contributed by atoms with Crippen molar-refractivity contribution >= 4 is 32.9 Å². The van der Waals surface area contributed by atoms with E-state index in [4.69, 9.17) is 9.94 Å². The van der Waals surface area contributed by atoms with Crippen LogP contribution >= 0.6 is 0 Å². The molecule has 9 nitrogen and oxygen atoms in total. The number of hydrogen-bond acceptors (Lipinski definition) is 6.